The molecule has 0 aliphatic carbocycles. The first kappa shape index (κ1) is 22.0. The molecule has 3 aromatic rings. The Bertz CT molecular complexity index is 1210. The van der Waals surface area contributed by atoms with Gasteiger partial charge in [-0.15, -0.1) is 0 Å². The van der Waals surface area contributed by atoms with Gasteiger partial charge in [-0.05, 0) is 60.2 Å². The Kier molecular flexibility index (Phi) is 5.66. The number of benzene rings is 3. The Morgan fingerprint density at radius 3 is 2.33 bits per heavy atom. The second kappa shape index (κ2) is 8.50. The fraction of sp³-hybridized carbons (Fsp3) is 0.240. The predicted molar refractivity (Wildman–Crippen MR) is 125 cm³/mol. The van der Waals surface area contributed by atoms with Crippen molar-refractivity contribution in [2.24, 2.45) is 0 Å². The minimum absolute atomic E-state index is 0.180. The van der Waals surface area contributed by atoms with Gasteiger partial charge in [0.15, 0.2) is 11.6 Å². The van der Waals surface area contributed by atoms with Gasteiger partial charge in [-0.3, -0.25) is 14.6 Å². The largest absolute Gasteiger partial charge is 0.361 e. The van der Waals surface area contributed by atoms with Crippen molar-refractivity contribution in [2.75, 3.05) is 23.3 Å². The number of nitrogens with zero attached hydrogens (tertiary/aromatic N) is 2. The van der Waals surface area contributed by atoms with E-state index in [0.717, 1.165) is 16.2 Å². The van der Waals surface area contributed by atoms with Crippen LogP contribution in [0.2, 0.25) is 0 Å². The number of anilines is 2. The van der Waals surface area contributed by atoms with Crippen molar-refractivity contribution in [3.63, 3.8) is 0 Å². The number of fused-ring (bicyclic) bond motifs is 1. The van der Waals surface area contributed by atoms with Crippen LogP contribution in [0.4, 0.5) is 24.5 Å². The summed E-state index contributed by atoms with van der Waals surface area (Å²) in [6, 6.07) is 15.6. The van der Waals surface area contributed by atoms with E-state index in [-0.39, 0.29) is 5.91 Å². The lowest BCUT2D eigenvalue weighted by Gasteiger charge is -2.52. The summed E-state index contributed by atoms with van der Waals surface area (Å²) in [7, 11) is 0. The van der Waals surface area contributed by atoms with Crippen LogP contribution in [-0.2, 0) is 6.54 Å². The molecule has 1 fully saturated rings. The third-order valence-electron chi connectivity index (χ3n) is 6.37. The summed E-state index contributed by atoms with van der Waals surface area (Å²) in [4.78, 5) is 17.5. The second-order valence-corrected chi connectivity index (χ2v) is 9.40. The maximum absolute atomic E-state index is 14.0. The molecular weight excluding hydrogens is 495 g/mol. The standard InChI is InChI=1S/C25H21BrF3N3O/c26-17-2-5-19(6-3-17)32-24(33)20-7-4-18(27)14-23(20)30-25(32)9-11-31(12-10-25)15-16-1-8-21(28)22(29)13-16/h1-8,13-14,30H,9-12,15H2. The van der Waals surface area contributed by atoms with Crippen molar-refractivity contribution >= 4 is 33.2 Å². The Labute approximate surface area is 198 Å². The topological polar surface area (TPSA) is 35.6 Å². The monoisotopic (exact) mass is 515 g/mol. The predicted octanol–water partition coefficient (Wildman–Crippen LogP) is 5.93. The SMILES string of the molecule is O=C1c2ccc(F)cc2NC2(CCN(Cc3ccc(F)c(F)c3)CC2)N1c1ccc(Br)cc1. The maximum Gasteiger partial charge on any atom is 0.262 e. The van der Waals surface area contributed by atoms with Gasteiger partial charge < -0.3 is 5.32 Å². The smallest absolute Gasteiger partial charge is 0.262 e. The summed E-state index contributed by atoms with van der Waals surface area (Å²) in [5.74, 6) is -2.31. The number of halogens is 4. The van der Waals surface area contributed by atoms with E-state index in [1.54, 1.807) is 11.0 Å². The molecule has 0 unspecified atom stereocenters. The van der Waals surface area contributed by atoms with Crippen LogP contribution in [0.5, 0.6) is 0 Å². The van der Waals surface area contributed by atoms with Crippen LogP contribution in [-0.4, -0.2) is 29.6 Å². The van der Waals surface area contributed by atoms with Gasteiger partial charge in [-0.2, -0.15) is 0 Å². The third-order valence-corrected chi connectivity index (χ3v) is 6.90. The molecule has 2 aliphatic heterocycles. The maximum atomic E-state index is 14.0. The molecule has 0 saturated carbocycles. The van der Waals surface area contributed by atoms with Crippen molar-refractivity contribution in [3.05, 3.63) is 93.7 Å². The van der Waals surface area contributed by atoms with Gasteiger partial charge in [0.25, 0.3) is 5.91 Å². The summed E-state index contributed by atoms with van der Waals surface area (Å²) >= 11 is 3.44. The highest BCUT2D eigenvalue weighted by Crippen LogP contribution is 2.41. The van der Waals surface area contributed by atoms with Crippen LogP contribution < -0.4 is 10.2 Å². The Hall–Kier alpha value is -2.84. The number of nitrogens with one attached hydrogen (secondary N) is 1. The molecule has 0 bridgehead atoms. The summed E-state index contributed by atoms with van der Waals surface area (Å²) in [6.07, 6.45) is 1.16. The molecule has 33 heavy (non-hydrogen) atoms. The minimum Gasteiger partial charge on any atom is -0.361 e. The Balaban J connectivity index is 1.44. The van der Waals surface area contributed by atoms with E-state index in [4.69, 9.17) is 0 Å². The van der Waals surface area contributed by atoms with E-state index >= 15 is 0 Å². The highest BCUT2D eigenvalue weighted by Gasteiger charge is 2.47. The van der Waals surface area contributed by atoms with Crippen LogP contribution in [0.3, 0.4) is 0 Å². The van der Waals surface area contributed by atoms with Gasteiger partial charge >= 0.3 is 0 Å². The average Bonchev–Trinajstić information content (AvgIpc) is 2.79. The number of amides is 1. The van der Waals surface area contributed by atoms with Crippen LogP contribution >= 0.6 is 15.9 Å². The van der Waals surface area contributed by atoms with Crippen molar-refractivity contribution < 1.29 is 18.0 Å². The normalized spacial score (nSPS) is 17.7. The first-order valence-electron chi connectivity index (χ1n) is 10.7. The lowest BCUT2D eigenvalue weighted by Crippen LogP contribution is -2.64. The molecular formula is C25H21BrF3N3O. The molecule has 170 valence electrons. The Morgan fingerprint density at radius 2 is 1.64 bits per heavy atom. The fourth-order valence-corrected chi connectivity index (χ4v) is 4.97. The number of hydrogen-bond donors (Lipinski definition) is 1. The van der Waals surface area contributed by atoms with Gasteiger partial charge in [-0.1, -0.05) is 22.0 Å². The molecule has 3 aromatic carbocycles. The molecule has 0 atom stereocenters. The van der Waals surface area contributed by atoms with E-state index < -0.39 is 23.1 Å². The lowest BCUT2D eigenvalue weighted by atomic mass is 9.89. The van der Waals surface area contributed by atoms with Crippen LogP contribution in [0.15, 0.2) is 65.1 Å². The number of piperidine rings is 1. The average molecular weight is 516 g/mol. The van der Waals surface area contributed by atoms with E-state index in [2.05, 4.69) is 26.1 Å². The zero-order valence-corrected chi connectivity index (χ0v) is 19.2. The van der Waals surface area contributed by atoms with Crippen LogP contribution in [0.1, 0.15) is 28.8 Å². The van der Waals surface area contributed by atoms with Gasteiger partial charge in [0.05, 0.1) is 11.3 Å². The van der Waals surface area contributed by atoms with E-state index in [9.17, 15) is 18.0 Å². The van der Waals surface area contributed by atoms with Crippen LogP contribution in [0, 0.1) is 17.5 Å². The lowest BCUT2D eigenvalue weighted by molar-refractivity contribution is 0.0904. The van der Waals surface area contributed by atoms with Gasteiger partial charge in [0.1, 0.15) is 11.5 Å². The zero-order chi connectivity index (χ0) is 23.2. The molecule has 1 saturated heterocycles. The molecule has 2 heterocycles. The van der Waals surface area contributed by atoms with Crippen molar-refractivity contribution in [1.82, 2.24) is 4.90 Å². The van der Waals surface area contributed by atoms with Crippen molar-refractivity contribution in [1.29, 1.82) is 0 Å². The minimum atomic E-state index is -0.864. The van der Waals surface area contributed by atoms with E-state index in [0.29, 0.717) is 49.3 Å². The van der Waals surface area contributed by atoms with Gasteiger partial charge in [0, 0.05) is 42.6 Å². The number of rotatable bonds is 3. The van der Waals surface area contributed by atoms with Gasteiger partial charge in [0.2, 0.25) is 0 Å². The number of hydrogen-bond acceptors (Lipinski definition) is 3. The molecule has 1 spiro atoms. The molecule has 8 heteroatoms. The highest BCUT2D eigenvalue weighted by molar-refractivity contribution is 9.10. The Morgan fingerprint density at radius 1 is 0.909 bits per heavy atom. The first-order chi connectivity index (χ1) is 15.8. The summed E-state index contributed by atoms with van der Waals surface area (Å²) < 4.78 is 41.8. The molecule has 1 amide bonds. The first-order valence-corrected chi connectivity index (χ1v) is 11.5. The zero-order valence-electron chi connectivity index (χ0n) is 17.6. The summed E-state index contributed by atoms with van der Waals surface area (Å²) in [5, 5.41) is 3.46. The van der Waals surface area contributed by atoms with E-state index in [1.165, 1.54) is 24.3 Å². The second-order valence-electron chi connectivity index (χ2n) is 8.49. The molecule has 0 aromatic heterocycles. The molecule has 5 rings (SSSR count). The third kappa shape index (κ3) is 4.13. The van der Waals surface area contributed by atoms with Crippen LogP contribution in [0.25, 0.3) is 0 Å². The van der Waals surface area contributed by atoms with Crippen molar-refractivity contribution in [2.45, 2.75) is 25.0 Å². The highest BCUT2D eigenvalue weighted by atomic mass is 79.9. The quantitative estimate of drug-likeness (QED) is 0.469. The van der Waals surface area contributed by atoms with Crippen molar-refractivity contribution in [3.8, 4) is 0 Å². The fourth-order valence-electron chi connectivity index (χ4n) is 4.71. The summed E-state index contributed by atoms with van der Waals surface area (Å²) in [6.45, 7) is 1.72. The number of carbonyl (C=O) groups is 1. The molecule has 1 N–H and O–H groups in total. The number of likely N-dealkylation sites (tertiary alicyclic amines) is 1. The molecule has 4 nitrogen and oxygen atoms in total. The number of carbonyl (C=O) groups excluding carboxylic acids is 1. The molecule has 0 radical (unpaired) electrons. The molecule has 2 aliphatic rings. The summed E-state index contributed by atoms with van der Waals surface area (Å²) in [5.41, 5.74) is 1.63. The van der Waals surface area contributed by atoms with Gasteiger partial charge in [-0.25, -0.2) is 13.2 Å². The van der Waals surface area contributed by atoms with E-state index in [1.807, 2.05) is 24.3 Å².